The largest absolute Gasteiger partial charge is 0.147 e. The monoisotopic (exact) mass is 376 g/mol. The Hall–Kier alpha value is 0.124. The van der Waals surface area contributed by atoms with Gasteiger partial charge in [-0.3, -0.25) is 0 Å². The molecule has 0 unspecified atom stereocenters. The van der Waals surface area contributed by atoms with E-state index < -0.39 is 17.4 Å². The number of allylic oxidation sites excluding steroid dienone is 8. The molecule has 0 nitrogen and oxygen atoms in total. The molecular weight excluding hydrogens is 347 g/mol. The van der Waals surface area contributed by atoms with Crippen LogP contribution in [-0.2, 0) is 17.4 Å². The van der Waals surface area contributed by atoms with E-state index in [1.54, 1.807) is 37.3 Å². The third-order valence-corrected chi connectivity index (χ3v) is 10.5. The van der Waals surface area contributed by atoms with Crippen molar-refractivity contribution in [2.75, 3.05) is 0 Å². The molecule has 0 saturated heterocycles. The van der Waals surface area contributed by atoms with Crippen LogP contribution < -0.4 is 0 Å². The van der Waals surface area contributed by atoms with Crippen molar-refractivity contribution in [1.82, 2.24) is 0 Å². The number of hydrogen-bond acceptors (Lipinski definition) is 0. The van der Waals surface area contributed by atoms with Crippen LogP contribution in [0, 0.1) is 0 Å². The average molecular weight is 377 g/mol. The molecular formula is C19H30Cl2Ti. The van der Waals surface area contributed by atoms with Crippen LogP contribution in [0.4, 0.5) is 0 Å². The predicted molar refractivity (Wildman–Crippen MR) is 102 cm³/mol. The molecule has 22 heavy (non-hydrogen) atoms. The van der Waals surface area contributed by atoms with Gasteiger partial charge >= 0.3 is 131 Å². The van der Waals surface area contributed by atoms with Crippen molar-refractivity contribution in [3.63, 3.8) is 0 Å². The van der Waals surface area contributed by atoms with Crippen molar-refractivity contribution in [2.24, 2.45) is 0 Å². The first kappa shape index (κ1) is 22.1. The Kier molecular flexibility index (Phi) is 8.34. The maximum atomic E-state index is 2.38. The maximum absolute atomic E-state index is 2.38. The van der Waals surface area contributed by atoms with Gasteiger partial charge in [0.15, 0.2) is 0 Å². The SMILES string of the molecule is CC1=C(C)C(C)=[C]([Ti]([C]2=C(C)C(C)=C(C)C2)=[C](C)C)C1.Cl.Cl. The summed E-state index contributed by atoms with van der Waals surface area (Å²) in [6.07, 6.45) is 2.49. The van der Waals surface area contributed by atoms with E-state index in [1.165, 1.54) is 12.8 Å². The first-order valence-corrected chi connectivity index (χ1v) is 10.0. The molecule has 0 fully saturated rings. The van der Waals surface area contributed by atoms with Gasteiger partial charge in [-0.1, -0.05) is 0 Å². The van der Waals surface area contributed by atoms with Crippen molar-refractivity contribution in [2.45, 2.75) is 68.2 Å². The van der Waals surface area contributed by atoms with E-state index >= 15 is 0 Å². The van der Waals surface area contributed by atoms with Crippen LogP contribution in [0.1, 0.15) is 68.2 Å². The number of halogens is 2. The summed E-state index contributed by atoms with van der Waals surface area (Å²) in [6, 6.07) is 0. The van der Waals surface area contributed by atoms with Gasteiger partial charge in [0.25, 0.3) is 0 Å². The second-order valence-corrected chi connectivity index (χ2v) is 11.4. The fourth-order valence-electron chi connectivity index (χ4n) is 3.49. The topological polar surface area (TPSA) is 0 Å². The van der Waals surface area contributed by atoms with Crippen molar-refractivity contribution < 1.29 is 17.4 Å². The van der Waals surface area contributed by atoms with E-state index in [-0.39, 0.29) is 24.8 Å². The summed E-state index contributed by atoms with van der Waals surface area (Å²) < 4.78 is 5.34. The fourth-order valence-corrected chi connectivity index (χ4v) is 9.08. The third-order valence-electron chi connectivity index (χ3n) is 5.30. The molecule has 124 valence electrons. The third kappa shape index (κ3) is 3.78. The molecule has 2 aliphatic carbocycles. The average Bonchev–Trinajstić information content (AvgIpc) is 2.76. The Morgan fingerprint density at radius 1 is 0.636 bits per heavy atom. The zero-order chi connectivity index (χ0) is 15.2. The van der Waals surface area contributed by atoms with Crippen molar-refractivity contribution >= 4 is 28.6 Å². The molecule has 0 radical (unpaired) electrons. The van der Waals surface area contributed by atoms with E-state index in [1.807, 2.05) is 7.76 Å². The van der Waals surface area contributed by atoms with E-state index in [0.717, 1.165) is 0 Å². The van der Waals surface area contributed by atoms with E-state index in [2.05, 4.69) is 55.4 Å². The molecule has 0 aliphatic heterocycles. The fraction of sp³-hybridized carbons (Fsp3) is 0.526. The standard InChI is InChI=1S/2C8H11.C3H6.2ClH.Ti/c2*1-6-4-5-7(2)8(6)3;1-3-2;;;/h2*4H2,1-3H3;1-2H3;2*1H;. The smallest absolute Gasteiger partial charge is 0.147 e. The Morgan fingerprint density at radius 3 is 1.14 bits per heavy atom. The van der Waals surface area contributed by atoms with Crippen molar-refractivity contribution in [3.8, 4) is 0 Å². The Labute approximate surface area is 155 Å². The van der Waals surface area contributed by atoms with Gasteiger partial charge in [-0.2, -0.15) is 0 Å². The summed E-state index contributed by atoms with van der Waals surface area (Å²) in [5, 5.41) is 0. The van der Waals surface area contributed by atoms with Crippen LogP contribution in [0.3, 0.4) is 0 Å². The molecule has 0 amide bonds. The molecule has 0 aromatic carbocycles. The maximum Gasteiger partial charge on any atom is -0.147 e. The molecule has 3 heteroatoms. The molecule has 2 aliphatic rings. The van der Waals surface area contributed by atoms with Gasteiger partial charge < -0.3 is 0 Å². The molecule has 0 atom stereocenters. The molecule has 2 rings (SSSR count). The molecule has 0 saturated carbocycles. The van der Waals surface area contributed by atoms with Crippen LogP contribution in [0.15, 0.2) is 41.2 Å². The summed E-state index contributed by atoms with van der Waals surface area (Å²) in [6.45, 7) is 18.7. The Bertz CT molecular complexity index is 586. The van der Waals surface area contributed by atoms with Crippen LogP contribution in [-0.4, -0.2) is 3.81 Å². The van der Waals surface area contributed by atoms with E-state index in [4.69, 9.17) is 0 Å². The second kappa shape index (κ2) is 8.29. The summed E-state index contributed by atoms with van der Waals surface area (Å²) in [4.78, 5) is 0. The molecule has 0 bridgehead atoms. The minimum atomic E-state index is -1.42. The minimum absolute atomic E-state index is 0. The van der Waals surface area contributed by atoms with Gasteiger partial charge in [0.1, 0.15) is 0 Å². The van der Waals surface area contributed by atoms with Crippen LogP contribution in [0.5, 0.6) is 0 Å². The quantitative estimate of drug-likeness (QED) is 0.471. The van der Waals surface area contributed by atoms with Gasteiger partial charge in [-0.05, 0) is 0 Å². The zero-order valence-corrected chi connectivity index (χ0v) is 18.4. The van der Waals surface area contributed by atoms with Gasteiger partial charge in [-0.15, -0.1) is 24.8 Å². The molecule has 0 aromatic heterocycles. The van der Waals surface area contributed by atoms with E-state index in [0.29, 0.717) is 0 Å². The van der Waals surface area contributed by atoms with Gasteiger partial charge in [-0.25, -0.2) is 0 Å². The Balaban J connectivity index is 0.00000220. The van der Waals surface area contributed by atoms with Gasteiger partial charge in [0, 0.05) is 0 Å². The molecule has 0 spiro atoms. The molecule has 0 aromatic rings. The predicted octanol–water partition coefficient (Wildman–Crippen LogP) is 6.69. The van der Waals surface area contributed by atoms with Crippen molar-refractivity contribution in [3.05, 3.63) is 41.2 Å². The first-order chi connectivity index (χ1) is 9.25. The molecule has 0 N–H and O–H groups in total. The van der Waals surface area contributed by atoms with Crippen molar-refractivity contribution in [1.29, 1.82) is 0 Å². The van der Waals surface area contributed by atoms with Crippen LogP contribution >= 0.6 is 24.8 Å². The summed E-state index contributed by atoms with van der Waals surface area (Å²) >= 11 is -1.42. The van der Waals surface area contributed by atoms with Gasteiger partial charge in [0.2, 0.25) is 0 Å². The second-order valence-electron chi connectivity index (χ2n) is 6.75. The normalized spacial score (nSPS) is 18.0. The summed E-state index contributed by atoms with van der Waals surface area (Å²) in [5.74, 6) is 0. The minimum Gasteiger partial charge on any atom is -0.147 e. The molecule has 0 heterocycles. The summed E-state index contributed by atoms with van der Waals surface area (Å²) in [7, 11) is 0. The van der Waals surface area contributed by atoms with E-state index in [9.17, 15) is 0 Å². The van der Waals surface area contributed by atoms with Crippen LogP contribution in [0.25, 0.3) is 0 Å². The zero-order valence-electron chi connectivity index (χ0n) is 15.2. The van der Waals surface area contributed by atoms with Crippen LogP contribution in [0.2, 0.25) is 0 Å². The summed E-state index contributed by atoms with van der Waals surface area (Å²) in [5.41, 5.74) is 9.54. The van der Waals surface area contributed by atoms with Gasteiger partial charge in [0.05, 0.1) is 0 Å². The first-order valence-electron chi connectivity index (χ1n) is 7.66. The number of rotatable bonds is 2. The Morgan fingerprint density at radius 2 is 0.955 bits per heavy atom. The number of hydrogen-bond donors (Lipinski definition) is 0.